The van der Waals surface area contributed by atoms with Gasteiger partial charge in [0.05, 0.1) is 24.9 Å². The molecule has 0 unspecified atom stereocenters. The van der Waals surface area contributed by atoms with E-state index in [2.05, 4.69) is 41.1 Å². The fourth-order valence-electron chi connectivity index (χ4n) is 4.24. The summed E-state index contributed by atoms with van der Waals surface area (Å²) in [5.74, 6) is 0.389. The summed E-state index contributed by atoms with van der Waals surface area (Å²) in [7, 11) is 0. The third kappa shape index (κ3) is 3.86. The van der Waals surface area contributed by atoms with E-state index in [9.17, 15) is 9.50 Å². The van der Waals surface area contributed by atoms with Crippen molar-refractivity contribution in [3.63, 3.8) is 0 Å². The molecule has 0 amide bonds. The van der Waals surface area contributed by atoms with Gasteiger partial charge in [-0.15, -0.1) is 5.10 Å². The van der Waals surface area contributed by atoms with Gasteiger partial charge in [-0.3, -0.25) is 4.90 Å². The largest absolute Gasteiger partial charge is 0.389 e. The molecule has 2 aromatic heterocycles. The second kappa shape index (κ2) is 7.57. The molecular weight excluding hydrogens is 361 g/mol. The first kappa shape index (κ1) is 19.5. The van der Waals surface area contributed by atoms with Crippen LogP contribution in [0.1, 0.15) is 51.6 Å². The lowest BCUT2D eigenvalue weighted by atomic mass is 9.91. The van der Waals surface area contributed by atoms with Crippen LogP contribution >= 0.6 is 0 Å². The fourth-order valence-corrected chi connectivity index (χ4v) is 4.24. The van der Waals surface area contributed by atoms with Gasteiger partial charge in [0.25, 0.3) is 0 Å². The van der Waals surface area contributed by atoms with Crippen LogP contribution in [0.2, 0.25) is 0 Å². The van der Waals surface area contributed by atoms with Gasteiger partial charge in [0.15, 0.2) is 5.82 Å². The lowest BCUT2D eigenvalue weighted by Gasteiger charge is -2.40. The number of hydrogen-bond acceptors (Lipinski definition) is 6. The number of aliphatic hydroxyl groups excluding tert-OH is 1. The number of halogens is 1. The first-order valence-electron chi connectivity index (χ1n) is 10.1. The minimum Gasteiger partial charge on any atom is -0.389 e. The Labute approximate surface area is 164 Å². The Morgan fingerprint density at radius 3 is 2.68 bits per heavy atom. The number of ether oxygens (including phenoxy) is 1. The van der Waals surface area contributed by atoms with Crippen LogP contribution in [0.5, 0.6) is 0 Å². The molecule has 7 nitrogen and oxygen atoms in total. The number of nitrogens with zero attached hydrogens (tertiary/aromatic N) is 4. The van der Waals surface area contributed by atoms with Crippen molar-refractivity contribution in [2.45, 2.75) is 63.6 Å². The molecule has 0 saturated carbocycles. The zero-order valence-corrected chi connectivity index (χ0v) is 16.9. The molecule has 4 rings (SSSR count). The number of aromatic nitrogens is 3. The summed E-state index contributed by atoms with van der Waals surface area (Å²) in [6.45, 7) is 9.57. The highest BCUT2D eigenvalue weighted by Gasteiger charge is 2.30. The normalized spacial score (nSPS) is 25.3. The standard InChI is InChI=1S/C20H30FN5O2/c1-20(2,3)25-7-4-13(5-8-25)16-10-14(21)17-11-22-19(24-26(16)17)23-15-6-9-28-12-18(15)27/h10-11,13,15,18,27H,4-9,12H2,1-3H3,(H,23,24)/t15-,18-/m1/s1. The highest BCUT2D eigenvalue weighted by Crippen LogP contribution is 2.32. The van der Waals surface area contributed by atoms with Gasteiger partial charge in [0.1, 0.15) is 5.52 Å². The third-order valence-corrected chi connectivity index (χ3v) is 6.00. The number of aliphatic hydroxyl groups is 1. The van der Waals surface area contributed by atoms with Gasteiger partial charge in [-0.1, -0.05) is 0 Å². The maximum absolute atomic E-state index is 14.5. The van der Waals surface area contributed by atoms with Crippen LogP contribution in [0.3, 0.4) is 0 Å². The molecule has 2 N–H and O–H groups in total. The van der Waals surface area contributed by atoms with E-state index < -0.39 is 6.10 Å². The van der Waals surface area contributed by atoms with Crippen molar-refractivity contribution < 1.29 is 14.2 Å². The summed E-state index contributed by atoms with van der Waals surface area (Å²) >= 11 is 0. The Kier molecular flexibility index (Phi) is 5.28. The van der Waals surface area contributed by atoms with Crippen molar-refractivity contribution in [3.8, 4) is 0 Å². The smallest absolute Gasteiger partial charge is 0.241 e. The van der Waals surface area contributed by atoms with E-state index in [4.69, 9.17) is 4.74 Å². The van der Waals surface area contributed by atoms with E-state index >= 15 is 0 Å². The number of piperidine rings is 1. The molecule has 2 atom stereocenters. The second-order valence-electron chi connectivity index (χ2n) is 8.91. The van der Waals surface area contributed by atoms with Crippen LogP contribution in [0.15, 0.2) is 12.3 Å². The number of hydrogen-bond donors (Lipinski definition) is 2. The molecule has 28 heavy (non-hydrogen) atoms. The molecule has 2 fully saturated rings. The molecule has 2 aromatic rings. The predicted octanol–water partition coefficient (Wildman–Crippen LogP) is 2.41. The Bertz CT molecular complexity index is 826. The van der Waals surface area contributed by atoms with Crippen molar-refractivity contribution >= 4 is 11.5 Å². The summed E-state index contributed by atoms with van der Waals surface area (Å²) < 4.78 is 21.4. The maximum atomic E-state index is 14.5. The molecule has 0 bridgehead atoms. The molecule has 2 aliphatic rings. The summed E-state index contributed by atoms with van der Waals surface area (Å²) in [5.41, 5.74) is 1.45. The zero-order valence-electron chi connectivity index (χ0n) is 16.9. The number of nitrogens with one attached hydrogen (secondary N) is 1. The number of anilines is 1. The monoisotopic (exact) mass is 391 g/mol. The molecular formula is C20H30FN5O2. The number of likely N-dealkylation sites (tertiary alicyclic amines) is 1. The summed E-state index contributed by atoms with van der Waals surface area (Å²) in [6, 6.07) is 1.44. The van der Waals surface area contributed by atoms with E-state index in [1.807, 2.05) is 0 Å². The molecule has 4 heterocycles. The lowest BCUT2D eigenvalue weighted by Crippen LogP contribution is -2.45. The predicted molar refractivity (Wildman–Crippen MR) is 105 cm³/mol. The minimum atomic E-state index is -0.601. The average Bonchev–Trinajstić information content (AvgIpc) is 2.99. The first-order valence-corrected chi connectivity index (χ1v) is 10.1. The highest BCUT2D eigenvalue weighted by molar-refractivity contribution is 5.50. The highest BCUT2D eigenvalue weighted by atomic mass is 19.1. The van der Waals surface area contributed by atoms with Crippen LogP contribution in [0, 0.1) is 5.82 Å². The minimum absolute atomic E-state index is 0.154. The Morgan fingerprint density at radius 2 is 2.00 bits per heavy atom. The Balaban J connectivity index is 1.56. The average molecular weight is 391 g/mol. The van der Waals surface area contributed by atoms with Crippen LogP contribution < -0.4 is 5.32 Å². The quantitative estimate of drug-likeness (QED) is 0.837. The maximum Gasteiger partial charge on any atom is 0.241 e. The van der Waals surface area contributed by atoms with Gasteiger partial charge in [0.2, 0.25) is 5.95 Å². The Morgan fingerprint density at radius 1 is 1.25 bits per heavy atom. The Hall–Kier alpha value is -1.77. The molecule has 0 aromatic carbocycles. The van der Waals surface area contributed by atoms with Gasteiger partial charge in [-0.25, -0.2) is 13.9 Å². The number of fused-ring (bicyclic) bond motifs is 1. The van der Waals surface area contributed by atoms with E-state index in [0.29, 0.717) is 31.1 Å². The van der Waals surface area contributed by atoms with Crippen LogP contribution in [-0.2, 0) is 4.74 Å². The molecule has 2 saturated heterocycles. The summed E-state index contributed by atoms with van der Waals surface area (Å²) in [5, 5.41) is 17.8. The molecule has 2 aliphatic heterocycles. The first-order chi connectivity index (χ1) is 13.3. The number of rotatable bonds is 3. The van der Waals surface area contributed by atoms with Crippen molar-refractivity contribution in [1.29, 1.82) is 0 Å². The fraction of sp³-hybridized carbons (Fsp3) is 0.700. The van der Waals surface area contributed by atoms with Crippen LogP contribution in [0.25, 0.3) is 5.52 Å². The summed E-state index contributed by atoms with van der Waals surface area (Å²) in [6.07, 6.45) is 3.56. The van der Waals surface area contributed by atoms with Crippen LogP contribution in [-0.4, -0.2) is 68.6 Å². The molecule has 154 valence electrons. The van der Waals surface area contributed by atoms with E-state index in [1.54, 1.807) is 10.6 Å². The molecule has 8 heteroatoms. The van der Waals surface area contributed by atoms with E-state index in [0.717, 1.165) is 31.6 Å². The van der Waals surface area contributed by atoms with E-state index in [-0.39, 0.29) is 23.3 Å². The molecule has 0 radical (unpaired) electrons. The molecule has 0 aliphatic carbocycles. The third-order valence-electron chi connectivity index (χ3n) is 6.00. The van der Waals surface area contributed by atoms with Crippen molar-refractivity contribution in [2.75, 3.05) is 31.6 Å². The van der Waals surface area contributed by atoms with E-state index in [1.165, 1.54) is 6.20 Å². The topological polar surface area (TPSA) is 74.9 Å². The van der Waals surface area contributed by atoms with Gasteiger partial charge in [-0.05, 0) is 59.2 Å². The van der Waals surface area contributed by atoms with Gasteiger partial charge < -0.3 is 15.2 Å². The van der Waals surface area contributed by atoms with Gasteiger partial charge in [0, 0.05) is 23.8 Å². The lowest BCUT2D eigenvalue weighted by molar-refractivity contribution is -0.0136. The zero-order chi connectivity index (χ0) is 19.9. The summed E-state index contributed by atoms with van der Waals surface area (Å²) in [4.78, 5) is 6.73. The molecule has 0 spiro atoms. The second-order valence-corrected chi connectivity index (χ2v) is 8.91. The van der Waals surface area contributed by atoms with Crippen molar-refractivity contribution in [1.82, 2.24) is 19.5 Å². The SMILES string of the molecule is CC(C)(C)N1CCC(c2cc(F)c3cnc(N[C@@H]4CCOC[C@H]4O)nn23)CC1. The van der Waals surface area contributed by atoms with Crippen molar-refractivity contribution in [2.24, 2.45) is 0 Å². The van der Waals surface area contributed by atoms with Gasteiger partial charge in [-0.2, -0.15) is 0 Å². The van der Waals surface area contributed by atoms with Crippen molar-refractivity contribution in [3.05, 3.63) is 23.8 Å². The van der Waals surface area contributed by atoms with Crippen LogP contribution in [0.4, 0.5) is 10.3 Å². The van der Waals surface area contributed by atoms with Gasteiger partial charge >= 0.3 is 0 Å².